The van der Waals surface area contributed by atoms with Gasteiger partial charge in [-0.15, -0.1) is 10.2 Å². The third kappa shape index (κ3) is 1.20. The van der Waals surface area contributed by atoms with E-state index in [4.69, 9.17) is 5.73 Å². The highest BCUT2D eigenvalue weighted by Crippen LogP contribution is 2.20. The van der Waals surface area contributed by atoms with Gasteiger partial charge in [-0.05, 0) is 18.2 Å². The fraction of sp³-hybridized carbons (Fsp3) is 0. The van der Waals surface area contributed by atoms with E-state index in [1.54, 1.807) is 35.0 Å². The predicted octanol–water partition coefficient (Wildman–Crippen LogP) is 0.768. The largest absolute Gasteiger partial charge is 0.397 e. The average molecular weight is 212 g/mol. The Morgan fingerprint density at radius 1 is 1.06 bits per heavy atom. The topological polar surface area (TPSA) is 82.0 Å². The summed E-state index contributed by atoms with van der Waals surface area (Å²) in [6.07, 6.45) is 5.16. The Bertz CT molecular complexity index is 644. The van der Waals surface area contributed by atoms with Crippen LogP contribution in [-0.4, -0.2) is 24.6 Å². The summed E-state index contributed by atoms with van der Waals surface area (Å²) in [4.78, 5) is 8.27. The SMILES string of the molecule is Nc1cccnc1-c1nnc2ncccn12. The van der Waals surface area contributed by atoms with Crippen LogP contribution in [0.3, 0.4) is 0 Å². The van der Waals surface area contributed by atoms with E-state index in [2.05, 4.69) is 20.2 Å². The number of nitrogen functional groups attached to an aromatic ring is 1. The normalized spacial score (nSPS) is 10.8. The van der Waals surface area contributed by atoms with E-state index in [-0.39, 0.29) is 0 Å². The van der Waals surface area contributed by atoms with Crippen molar-refractivity contribution >= 4 is 11.5 Å². The second kappa shape index (κ2) is 3.27. The van der Waals surface area contributed by atoms with E-state index in [1.165, 1.54) is 0 Å². The minimum absolute atomic E-state index is 0.530. The predicted molar refractivity (Wildman–Crippen MR) is 58.4 cm³/mol. The summed E-state index contributed by atoms with van der Waals surface area (Å²) >= 11 is 0. The Hall–Kier alpha value is -2.50. The van der Waals surface area contributed by atoms with Crippen LogP contribution in [0.4, 0.5) is 5.69 Å². The summed E-state index contributed by atoms with van der Waals surface area (Å²) in [7, 11) is 0. The van der Waals surface area contributed by atoms with Crippen molar-refractivity contribution in [3.63, 3.8) is 0 Å². The van der Waals surface area contributed by atoms with Crippen LogP contribution < -0.4 is 5.73 Å². The lowest BCUT2D eigenvalue weighted by Gasteiger charge is -2.01. The minimum atomic E-state index is 0.530. The van der Waals surface area contributed by atoms with Gasteiger partial charge in [0.15, 0.2) is 5.82 Å². The first kappa shape index (κ1) is 8.78. The lowest BCUT2D eigenvalue weighted by Crippen LogP contribution is -1.97. The van der Waals surface area contributed by atoms with Gasteiger partial charge >= 0.3 is 0 Å². The Morgan fingerprint density at radius 2 is 1.94 bits per heavy atom. The van der Waals surface area contributed by atoms with Crippen LogP contribution >= 0.6 is 0 Å². The zero-order valence-electron chi connectivity index (χ0n) is 8.28. The molecule has 3 aromatic rings. The van der Waals surface area contributed by atoms with E-state index in [0.29, 0.717) is 23.0 Å². The van der Waals surface area contributed by atoms with E-state index in [9.17, 15) is 0 Å². The number of anilines is 1. The van der Waals surface area contributed by atoms with Gasteiger partial charge in [0.2, 0.25) is 0 Å². The standard InChI is InChI=1S/C10H8N6/c11-7-3-1-4-12-8(7)9-14-15-10-13-5-2-6-16(9)10/h1-6H,11H2. The molecule has 0 amide bonds. The van der Waals surface area contributed by atoms with E-state index >= 15 is 0 Å². The number of fused-ring (bicyclic) bond motifs is 1. The van der Waals surface area contributed by atoms with Gasteiger partial charge in [-0.1, -0.05) is 0 Å². The molecule has 6 heteroatoms. The summed E-state index contributed by atoms with van der Waals surface area (Å²) in [6.45, 7) is 0. The fourth-order valence-corrected chi connectivity index (χ4v) is 1.51. The highest BCUT2D eigenvalue weighted by molar-refractivity contribution is 5.68. The highest BCUT2D eigenvalue weighted by Gasteiger charge is 2.11. The first-order valence-electron chi connectivity index (χ1n) is 4.73. The second-order valence-corrected chi connectivity index (χ2v) is 3.25. The summed E-state index contributed by atoms with van der Waals surface area (Å²) in [5, 5.41) is 7.98. The molecule has 3 rings (SSSR count). The molecule has 0 aliphatic rings. The van der Waals surface area contributed by atoms with E-state index < -0.39 is 0 Å². The molecule has 16 heavy (non-hydrogen) atoms. The molecular formula is C10H8N6. The van der Waals surface area contributed by atoms with Gasteiger partial charge in [-0.25, -0.2) is 4.98 Å². The summed E-state index contributed by atoms with van der Waals surface area (Å²) in [6, 6.07) is 5.36. The van der Waals surface area contributed by atoms with Crippen LogP contribution in [0.15, 0.2) is 36.8 Å². The van der Waals surface area contributed by atoms with Gasteiger partial charge in [-0.2, -0.15) is 0 Å². The average Bonchev–Trinajstić information content (AvgIpc) is 2.74. The monoisotopic (exact) mass is 212 g/mol. The first-order chi connectivity index (χ1) is 7.86. The van der Waals surface area contributed by atoms with Crippen LogP contribution in [0.25, 0.3) is 17.3 Å². The van der Waals surface area contributed by atoms with Crippen molar-refractivity contribution in [2.75, 3.05) is 5.73 Å². The zero-order chi connectivity index (χ0) is 11.0. The number of nitrogens with two attached hydrogens (primary N) is 1. The smallest absolute Gasteiger partial charge is 0.255 e. The molecule has 3 heterocycles. The quantitative estimate of drug-likeness (QED) is 0.644. The lowest BCUT2D eigenvalue weighted by molar-refractivity contribution is 1.09. The van der Waals surface area contributed by atoms with Gasteiger partial charge in [0.05, 0.1) is 5.69 Å². The Balaban J connectivity index is 2.31. The molecule has 0 aliphatic heterocycles. The fourth-order valence-electron chi connectivity index (χ4n) is 1.51. The van der Waals surface area contributed by atoms with Crippen molar-refractivity contribution < 1.29 is 0 Å². The third-order valence-corrected chi connectivity index (χ3v) is 2.24. The van der Waals surface area contributed by atoms with Crippen LogP contribution in [0.1, 0.15) is 0 Å². The molecule has 0 spiro atoms. The van der Waals surface area contributed by atoms with Gasteiger partial charge in [0, 0.05) is 18.6 Å². The molecule has 0 saturated heterocycles. The van der Waals surface area contributed by atoms with Gasteiger partial charge < -0.3 is 5.73 Å². The zero-order valence-corrected chi connectivity index (χ0v) is 8.28. The maximum Gasteiger partial charge on any atom is 0.255 e. The van der Waals surface area contributed by atoms with Crippen LogP contribution in [0.2, 0.25) is 0 Å². The van der Waals surface area contributed by atoms with Gasteiger partial charge in [-0.3, -0.25) is 9.38 Å². The molecule has 0 aromatic carbocycles. The molecule has 0 fully saturated rings. The number of hydrogen-bond donors (Lipinski definition) is 1. The van der Waals surface area contributed by atoms with Crippen molar-refractivity contribution in [1.82, 2.24) is 24.6 Å². The Labute approximate surface area is 90.8 Å². The van der Waals surface area contributed by atoms with Gasteiger partial charge in [0.25, 0.3) is 5.78 Å². The molecule has 3 aromatic heterocycles. The first-order valence-corrected chi connectivity index (χ1v) is 4.73. The Morgan fingerprint density at radius 3 is 2.81 bits per heavy atom. The third-order valence-electron chi connectivity index (χ3n) is 2.24. The molecule has 0 unspecified atom stereocenters. The molecule has 78 valence electrons. The molecule has 6 nitrogen and oxygen atoms in total. The molecule has 0 radical (unpaired) electrons. The van der Waals surface area contributed by atoms with Crippen LogP contribution in [0.5, 0.6) is 0 Å². The Kier molecular flexibility index (Phi) is 1.79. The van der Waals surface area contributed by atoms with Crippen molar-refractivity contribution in [1.29, 1.82) is 0 Å². The number of rotatable bonds is 1. The van der Waals surface area contributed by atoms with E-state index in [0.717, 1.165) is 0 Å². The van der Waals surface area contributed by atoms with Gasteiger partial charge in [0.1, 0.15) is 5.69 Å². The van der Waals surface area contributed by atoms with Crippen molar-refractivity contribution in [2.45, 2.75) is 0 Å². The lowest BCUT2D eigenvalue weighted by atomic mass is 10.3. The molecule has 0 bridgehead atoms. The minimum Gasteiger partial charge on any atom is -0.397 e. The maximum atomic E-state index is 5.84. The summed E-state index contributed by atoms with van der Waals surface area (Å²) in [5.74, 6) is 1.13. The second-order valence-electron chi connectivity index (χ2n) is 3.25. The number of pyridine rings is 1. The van der Waals surface area contributed by atoms with Crippen molar-refractivity contribution in [3.05, 3.63) is 36.8 Å². The number of hydrogen-bond acceptors (Lipinski definition) is 5. The molecule has 2 N–H and O–H groups in total. The highest BCUT2D eigenvalue weighted by atomic mass is 15.3. The summed E-state index contributed by atoms with van der Waals surface area (Å²) < 4.78 is 1.75. The number of nitrogens with zero attached hydrogens (tertiary/aromatic N) is 5. The van der Waals surface area contributed by atoms with Crippen LogP contribution in [-0.2, 0) is 0 Å². The van der Waals surface area contributed by atoms with Crippen molar-refractivity contribution in [2.24, 2.45) is 0 Å². The molecular weight excluding hydrogens is 204 g/mol. The van der Waals surface area contributed by atoms with Crippen molar-refractivity contribution in [3.8, 4) is 11.5 Å². The molecule has 0 saturated carbocycles. The van der Waals surface area contributed by atoms with E-state index in [1.807, 2.05) is 6.20 Å². The van der Waals surface area contributed by atoms with Crippen LogP contribution in [0, 0.1) is 0 Å². The summed E-state index contributed by atoms with van der Waals surface area (Å²) in [5.41, 5.74) is 7.02. The molecule has 0 aliphatic carbocycles. The molecule has 0 atom stereocenters. The maximum absolute atomic E-state index is 5.84. The number of aromatic nitrogens is 5.